The molecule has 1 fully saturated rings. The highest BCUT2D eigenvalue weighted by molar-refractivity contribution is 9.10. The summed E-state index contributed by atoms with van der Waals surface area (Å²) in [7, 11) is 2.08. The molecule has 0 aromatic heterocycles. The molecule has 2 unspecified atom stereocenters. The van der Waals surface area contributed by atoms with E-state index in [4.69, 9.17) is 4.74 Å². The highest BCUT2D eigenvalue weighted by atomic mass is 79.9. The number of nitrogens with zero attached hydrogens (tertiary/aromatic N) is 1. The summed E-state index contributed by atoms with van der Waals surface area (Å²) >= 11 is 3.56. The first-order chi connectivity index (χ1) is 8.66. The van der Waals surface area contributed by atoms with Gasteiger partial charge in [-0.25, -0.2) is 0 Å². The van der Waals surface area contributed by atoms with Gasteiger partial charge in [-0.15, -0.1) is 0 Å². The normalized spacial score (nSPS) is 24.4. The minimum absolute atomic E-state index is 0.222. The van der Waals surface area contributed by atoms with E-state index in [-0.39, 0.29) is 12.0 Å². The van der Waals surface area contributed by atoms with Crippen LogP contribution in [0.3, 0.4) is 0 Å². The van der Waals surface area contributed by atoms with Gasteiger partial charge in [0.1, 0.15) is 0 Å². The summed E-state index contributed by atoms with van der Waals surface area (Å²) < 4.78 is 6.57. The molecule has 1 aromatic carbocycles. The van der Waals surface area contributed by atoms with Crippen LogP contribution in [0.25, 0.3) is 0 Å². The highest BCUT2D eigenvalue weighted by Crippen LogP contribution is 2.20. The Morgan fingerprint density at radius 1 is 1.44 bits per heavy atom. The molecule has 1 saturated heterocycles. The number of hydrogen-bond acceptors (Lipinski definition) is 3. The summed E-state index contributed by atoms with van der Waals surface area (Å²) in [5.74, 6) is 0.228. The molecule has 1 aromatic rings. The summed E-state index contributed by atoms with van der Waals surface area (Å²) in [6.45, 7) is 3.10. The lowest BCUT2D eigenvalue weighted by molar-refractivity contribution is -0.0451. The third-order valence-corrected chi connectivity index (χ3v) is 4.15. The smallest absolute Gasteiger partial charge is 0.0624 e. The van der Waals surface area contributed by atoms with Gasteiger partial charge in [0.15, 0.2) is 0 Å². The summed E-state index contributed by atoms with van der Waals surface area (Å²) in [6, 6.07) is 8.24. The molecule has 0 spiro atoms. The Bertz CT molecular complexity index is 386. The summed E-state index contributed by atoms with van der Waals surface area (Å²) in [6.07, 6.45) is 0.536. The maximum absolute atomic E-state index is 9.92. The molecule has 1 aliphatic rings. The lowest BCUT2D eigenvalue weighted by Gasteiger charge is -2.31. The van der Waals surface area contributed by atoms with Crippen LogP contribution in [0, 0.1) is 5.92 Å². The number of hydrogen-bond donors (Lipinski definition) is 1. The van der Waals surface area contributed by atoms with Gasteiger partial charge in [0.05, 0.1) is 12.7 Å². The fourth-order valence-electron chi connectivity index (χ4n) is 2.34. The van der Waals surface area contributed by atoms with Crippen molar-refractivity contribution >= 4 is 15.9 Å². The molecule has 0 bridgehead atoms. The van der Waals surface area contributed by atoms with E-state index in [1.165, 1.54) is 5.56 Å². The van der Waals surface area contributed by atoms with Gasteiger partial charge in [0.2, 0.25) is 0 Å². The van der Waals surface area contributed by atoms with Gasteiger partial charge < -0.3 is 14.7 Å². The molecule has 0 saturated carbocycles. The minimum Gasteiger partial charge on any atom is -0.393 e. The lowest BCUT2D eigenvalue weighted by atomic mass is 9.98. The first-order valence-electron chi connectivity index (χ1n) is 6.34. The van der Waals surface area contributed by atoms with Crippen molar-refractivity contribution in [3.05, 3.63) is 34.3 Å². The summed E-state index contributed by atoms with van der Waals surface area (Å²) in [5.41, 5.74) is 1.27. The van der Waals surface area contributed by atoms with Crippen molar-refractivity contribution in [1.82, 2.24) is 4.90 Å². The lowest BCUT2D eigenvalue weighted by Crippen LogP contribution is -2.39. The predicted molar refractivity (Wildman–Crippen MR) is 75.4 cm³/mol. The van der Waals surface area contributed by atoms with Gasteiger partial charge in [-0.2, -0.15) is 0 Å². The standard InChI is InChI=1S/C14H20BrNO2/c1-16(8-11-4-2-3-5-13(11)15)9-12-10-18-7-6-14(12)17/h2-5,12,14,17H,6-10H2,1H3. The average Bonchev–Trinajstić information content (AvgIpc) is 2.35. The van der Waals surface area contributed by atoms with E-state index in [1.54, 1.807) is 0 Å². The van der Waals surface area contributed by atoms with Gasteiger partial charge >= 0.3 is 0 Å². The molecule has 0 radical (unpaired) electrons. The van der Waals surface area contributed by atoms with Crippen molar-refractivity contribution in [2.75, 3.05) is 26.8 Å². The molecular formula is C14H20BrNO2. The quantitative estimate of drug-likeness (QED) is 0.925. The summed E-state index contributed by atoms with van der Waals surface area (Å²) in [5, 5.41) is 9.92. The van der Waals surface area contributed by atoms with Crippen LogP contribution in [0.2, 0.25) is 0 Å². The maximum Gasteiger partial charge on any atom is 0.0624 e. The molecule has 100 valence electrons. The zero-order valence-electron chi connectivity index (χ0n) is 10.7. The van der Waals surface area contributed by atoms with E-state index in [1.807, 2.05) is 12.1 Å². The van der Waals surface area contributed by atoms with E-state index in [2.05, 4.69) is 40.0 Å². The van der Waals surface area contributed by atoms with E-state index in [0.717, 1.165) is 24.0 Å². The predicted octanol–water partition coefficient (Wildman–Crippen LogP) is 2.28. The molecular weight excluding hydrogens is 294 g/mol. The van der Waals surface area contributed by atoms with Gasteiger partial charge in [-0.3, -0.25) is 0 Å². The number of benzene rings is 1. The second-order valence-corrected chi connectivity index (χ2v) is 5.83. The molecule has 4 heteroatoms. The second-order valence-electron chi connectivity index (χ2n) is 4.98. The minimum atomic E-state index is -0.222. The first-order valence-corrected chi connectivity index (χ1v) is 7.14. The molecule has 2 atom stereocenters. The van der Waals surface area contributed by atoms with Crippen LogP contribution in [0.15, 0.2) is 28.7 Å². The van der Waals surface area contributed by atoms with Crippen LogP contribution in [-0.2, 0) is 11.3 Å². The van der Waals surface area contributed by atoms with E-state index < -0.39 is 0 Å². The Hall–Kier alpha value is -0.420. The molecule has 0 aliphatic carbocycles. The summed E-state index contributed by atoms with van der Waals surface area (Å²) in [4.78, 5) is 2.24. The Kier molecular flexibility index (Phi) is 5.18. The Morgan fingerprint density at radius 2 is 2.22 bits per heavy atom. The monoisotopic (exact) mass is 313 g/mol. The molecule has 3 nitrogen and oxygen atoms in total. The fourth-order valence-corrected chi connectivity index (χ4v) is 2.75. The van der Waals surface area contributed by atoms with Gasteiger partial charge in [0.25, 0.3) is 0 Å². The van der Waals surface area contributed by atoms with Crippen LogP contribution >= 0.6 is 15.9 Å². The zero-order valence-corrected chi connectivity index (χ0v) is 12.3. The van der Waals surface area contributed by atoms with Crippen LogP contribution in [0.4, 0.5) is 0 Å². The molecule has 0 amide bonds. The van der Waals surface area contributed by atoms with E-state index in [9.17, 15) is 5.11 Å². The van der Waals surface area contributed by atoms with E-state index in [0.29, 0.717) is 13.2 Å². The molecule has 1 aliphatic heterocycles. The number of aliphatic hydroxyl groups is 1. The molecule has 1 heterocycles. The van der Waals surface area contributed by atoms with Crippen LogP contribution < -0.4 is 0 Å². The molecule has 1 N–H and O–H groups in total. The van der Waals surface area contributed by atoms with Gasteiger partial charge in [0, 0.05) is 30.1 Å². The van der Waals surface area contributed by atoms with Crippen molar-refractivity contribution in [2.45, 2.75) is 19.1 Å². The Balaban J connectivity index is 1.88. The van der Waals surface area contributed by atoms with Crippen LogP contribution in [-0.4, -0.2) is 42.9 Å². The molecule has 2 rings (SSSR count). The van der Waals surface area contributed by atoms with Crippen molar-refractivity contribution in [1.29, 1.82) is 0 Å². The first kappa shape index (κ1) is 14.0. The van der Waals surface area contributed by atoms with E-state index >= 15 is 0 Å². The van der Waals surface area contributed by atoms with Crippen molar-refractivity contribution in [3.63, 3.8) is 0 Å². The van der Waals surface area contributed by atoms with Crippen molar-refractivity contribution in [3.8, 4) is 0 Å². The average molecular weight is 314 g/mol. The maximum atomic E-state index is 9.92. The third-order valence-electron chi connectivity index (χ3n) is 3.38. The SMILES string of the molecule is CN(Cc1ccccc1Br)CC1COCCC1O. The Morgan fingerprint density at radius 3 is 2.94 bits per heavy atom. The largest absolute Gasteiger partial charge is 0.393 e. The number of rotatable bonds is 4. The van der Waals surface area contributed by atoms with Crippen molar-refractivity contribution in [2.24, 2.45) is 5.92 Å². The van der Waals surface area contributed by atoms with Gasteiger partial charge in [-0.1, -0.05) is 34.1 Å². The number of aliphatic hydroxyl groups excluding tert-OH is 1. The molecule has 18 heavy (non-hydrogen) atoms. The topological polar surface area (TPSA) is 32.7 Å². The second kappa shape index (κ2) is 6.66. The van der Waals surface area contributed by atoms with Crippen LogP contribution in [0.5, 0.6) is 0 Å². The highest BCUT2D eigenvalue weighted by Gasteiger charge is 2.24. The fraction of sp³-hybridized carbons (Fsp3) is 0.571. The van der Waals surface area contributed by atoms with Crippen LogP contribution in [0.1, 0.15) is 12.0 Å². The third kappa shape index (κ3) is 3.79. The van der Waals surface area contributed by atoms with Crippen molar-refractivity contribution < 1.29 is 9.84 Å². The zero-order chi connectivity index (χ0) is 13.0. The van der Waals surface area contributed by atoms with Gasteiger partial charge in [-0.05, 0) is 25.1 Å². The Labute approximate surface area is 117 Å². The number of halogens is 1. The number of ether oxygens (including phenoxy) is 1.